The molecule has 1 saturated carbocycles. The molecule has 2 rings (SSSR count). The third kappa shape index (κ3) is 1.81. The Bertz CT molecular complexity index is 374. The molecule has 1 aromatic rings. The van der Waals surface area contributed by atoms with Gasteiger partial charge in [0.1, 0.15) is 0 Å². The Morgan fingerprint density at radius 3 is 2.93 bits per heavy atom. The predicted octanol–water partition coefficient (Wildman–Crippen LogP) is 0.861. The standard InChI is InChI=1S/C9H11N3O2/c1-5(13)14-9-8(10)11-4-7(12-9)6-2-3-6/h4,6H,2-3H2,1H3,(H2,10,11). The molecule has 14 heavy (non-hydrogen) atoms. The van der Waals surface area contributed by atoms with Gasteiger partial charge in [-0.3, -0.25) is 4.79 Å². The number of anilines is 1. The first-order valence-corrected chi connectivity index (χ1v) is 4.47. The molecule has 1 fully saturated rings. The van der Waals surface area contributed by atoms with Crippen molar-refractivity contribution in [3.63, 3.8) is 0 Å². The highest BCUT2D eigenvalue weighted by molar-refractivity contribution is 5.70. The van der Waals surface area contributed by atoms with Gasteiger partial charge in [0.15, 0.2) is 5.82 Å². The molecule has 0 aliphatic heterocycles. The molecule has 1 aliphatic rings. The summed E-state index contributed by atoms with van der Waals surface area (Å²) in [7, 11) is 0. The maximum atomic E-state index is 10.7. The van der Waals surface area contributed by atoms with E-state index in [1.54, 1.807) is 6.20 Å². The number of nitrogens with two attached hydrogens (primary N) is 1. The van der Waals surface area contributed by atoms with Crippen molar-refractivity contribution in [3.05, 3.63) is 11.9 Å². The molecule has 0 atom stereocenters. The highest BCUT2D eigenvalue weighted by atomic mass is 16.5. The van der Waals surface area contributed by atoms with Gasteiger partial charge in [-0.2, -0.15) is 0 Å². The zero-order chi connectivity index (χ0) is 10.1. The average molecular weight is 193 g/mol. The van der Waals surface area contributed by atoms with Gasteiger partial charge in [-0.1, -0.05) is 0 Å². The van der Waals surface area contributed by atoms with Crippen molar-refractivity contribution in [1.82, 2.24) is 9.97 Å². The van der Waals surface area contributed by atoms with E-state index >= 15 is 0 Å². The van der Waals surface area contributed by atoms with Crippen molar-refractivity contribution in [2.24, 2.45) is 0 Å². The van der Waals surface area contributed by atoms with E-state index in [4.69, 9.17) is 10.5 Å². The average Bonchev–Trinajstić information content (AvgIpc) is 2.91. The lowest BCUT2D eigenvalue weighted by Crippen LogP contribution is -2.08. The van der Waals surface area contributed by atoms with Crippen LogP contribution in [0.2, 0.25) is 0 Å². The molecular weight excluding hydrogens is 182 g/mol. The van der Waals surface area contributed by atoms with Crippen LogP contribution in [-0.2, 0) is 4.79 Å². The minimum Gasteiger partial charge on any atom is -0.404 e. The van der Waals surface area contributed by atoms with Gasteiger partial charge in [0.05, 0.1) is 11.9 Å². The zero-order valence-electron chi connectivity index (χ0n) is 7.86. The monoisotopic (exact) mass is 193 g/mol. The lowest BCUT2D eigenvalue weighted by atomic mass is 10.3. The number of hydrogen-bond acceptors (Lipinski definition) is 5. The normalized spacial score (nSPS) is 15.2. The van der Waals surface area contributed by atoms with Crippen LogP contribution in [0.15, 0.2) is 6.20 Å². The fourth-order valence-electron chi connectivity index (χ4n) is 1.18. The first kappa shape index (κ1) is 8.93. The molecule has 5 heteroatoms. The van der Waals surface area contributed by atoms with Crippen LogP contribution in [0.4, 0.5) is 5.82 Å². The first-order valence-electron chi connectivity index (χ1n) is 4.47. The molecule has 0 unspecified atom stereocenters. The van der Waals surface area contributed by atoms with Gasteiger partial charge in [0.2, 0.25) is 0 Å². The summed E-state index contributed by atoms with van der Waals surface area (Å²) in [6.45, 7) is 1.31. The lowest BCUT2D eigenvalue weighted by molar-refractivity contribution is -0.132. The minimum absolute atomic E-state index is 0.127. The van der Waals surface area contributed by atoms with Gasteiger partial charge in [-0.15, -0.1) is 0 Å². The van der Waals surface area contributed by atoms with E-state index in [-0.39, 0.29) is 11.7 Å². The van der Waals surface area contributed by atoms with Crippen LogP contribution in [0.25, 0.3) is 0 Å². The maximum Gasteiger partial charge on any atom is 0.309 e. The van der Waals surface area contributed by atoms with E-state index in [2.05, 4.69) is 9.97 Å². The largest absolute Gasteiger partial charge is 0.404 e. The maximum absolute atomic E-state index is 10.7. The number of hydrogen-bond donors (Lipinski definition) is 1. The van der Waals surface area contributed by atoms with Crippen molar-refractivity contribution in [2.45, 2.75) is 25.7 Å². The minimum atomic E-state index is -0.432. The summed E-state index contributed by atoms with van der Waals surface area (Å²) in [5.41, 5.74) is 6.36. The summed E-state index contributed by atoms with van der Waals surface area (Å²) >= 11 is 0. The number of esters is 1. The quantitative estimate of drug-likeness (QED) is 0.705. The molecule has 0 saturated heterocycles. The predicted molar refractivity (Wildman–Crippen MR) is 49.7 cm³/mol. The van der Waals surface area contributed by atoms with Crippen LogP contribution in [0.5, 0.6) is 5.88 Å². The van der Waals surface area contributed by atoms with E-state index in [9.17, 15) is 4.79 Å². The molecule has 0 amide bonds. The van der Waals surface area contributed by atoms with Crippen molar-refractivity contribution in [3.8, 4) is 5.88 Å². The van der Waals surface area contributed by atoms with Crippen molar-refractivity contribution >= 4 is 11.8 Å². The highest BCUT2D eigenvalue weighted by Gasteiger charge is 2.26. The Kier molecular flexibility index (Phi) is 2.07. The summed E-state index contributed by atoms with van der Waals surface area (Å²) in [5.74, 6) is 0.322. The summed E-state index contributed by atoms with van der Waals surface area (Å²) in [6.07, 6.45) is 3.89. The van der Waals surface area contributed by atoms with Gasteiger partial charge >= 0.3 is 5.97 Å². The summed E-state index contributed by atoms with van der Waals surface area (Å²) in [5, 5.41) is 0. The summed E-state index contributed by atoms with van der Waals surface area (Å²) in [6, 6.07) is 0. The molecule has 0 aromatic carbocycles. The molecular formula is C9H11N3O2. The second kappa shape index (κ2) is 3.25. The second-order valence-electron chi connectivity index (χ2n) is 3.35. The molecule has 1 aliphatic carbocycles. The van der Waals surface area contributed by atoms with Gasteiger partial charge in [-0.05, 0) is 12.8 Å². The van der Waals surface area contributed by atoms with Crippen molar-refractivity contribution in [2.75, 3.05) is 5.73 Å². The number of nitrogen functional groups attached to an aromatic ring is 1. The van der Waals surface area contributed by atoms with Crippen LogP contribution in [0, 0.1) is 0 Å². The molecule has 2 N–H and O–H groups in total. The van der Waals surface area contributed by atoms with E-state index in [1.807, 2.05) is 0 Å². The van der Waals surface area contributed by atoms with Crippen LogP contribution < -0.4 is 10.5 Å². The number of carbonyl (C=O) groups is 1. The smallest absolute Gasteiger partial charge is 0.309 e. The zero-order valence-corrected chi connectivity index (χ0v) is 7.86. The Balaban J connectivity index is 2.26. The van der Waals surface area contributed by atoms with E-state index in [1.165, 1.54) is 6.92 Å². The summed E-state index contributed by atoms with van der Waals surface area (Å²) in [4.78, 5) is 18.8. The van der Waals surface area contributed by atoms with Crippen LogP contribution in [-0.4, -0.2) is 15.9 Å². The molecule has 1 heterocycles. The third-order valence-corrected chi connectivity index (χ3v) is 2.02. The number of carbonyl (C=O) groups excluding carboxylic acids is 1. The lowest BCUT2D eigenvalue weighted by Gasteiger charge is -2.04. The SMILES string of the molecule is CC(=O)Oc1nc(C2CC2)cnc1N. The van der Waals surface area contributed by atoms with E-state index in [0.29, 0.717) is 5.92 Å². The third-order valence-electron chi connectivity index (χ3n) is 2.02. The fourth-order valence-corrected chi connectivity index (χ4v) is 1.18. The molecule has 0 bridgehead atoms. The second-order valence-corrected chi connectivity index (χ2v) is 3.35. The highest BCUT2D eigenvalue weighted by Crippen LogP contribution is 2.39. The topological polar surface area (TPSA) is 78.1 Å². The Hall–Kier alpha value is -1.65. The van der Waals surface area contributed by atoms with Crippen LogP contribution in [0.3, 0.4) is 0 Å². The molecule has 5 nitrogen and oxygen atoms in total. The molecule has 1 aromatic heterocycles. The fraction of sp³-hybridized carbons (Fsp3) is 0.444. The number of aromatic nitrogens is 2. The Morgan fingerprint density at radius 2 is 2.36 bits per heavy atom. The Morgan fingerprint density at radius 1 is 1.64 bits per heavy atom. The summed E-state index contributed by atoms with van der Waals surface area (Å²) < 4.78 is 4.83. The van der Waals surface area contributed by atoms with Gasteiger partial charge in [-0.25, -0.2) is 9.97 Å². The molecule has 0 spiro atoms. The van der Waals surface area contributed by atoms with Gasteiger partial charge < -0.3 is 10.5 Å². The Labute approximate surface area is 81.3 Å². The van der Waals surface area contributed by atoms with Crippen molar-refractivity contribution in [1.29, 1.82) is 0 Å². The number of ether oxygens (including phenoxy) is 1. The van der Waals surface area contributed by atoms with Crippen molar-refractivity contribution < 1.29 is 9.53 Å². The van der Waals surface area contributed by atoms with Gasteiger partial charge in [0, 0.05) is 12.8 Å². The first-order chi connectivity index (χ1) is 6.66. The number of rotatable bonds is 2. The van der Waals surface area contributed by atoms with Gasteiger partial charge in [0.25, 0.3) is 5.88 Å². The van der Waals surface area contributed by atoms with Crippen LogP contribution in [0.1, 0.15) is 31.4 Å². The molecule has 0 radical (unpaired) electrons. The van der Waals surface area contributed by atoms with Crippen LogP contribution >= 0.6 is 0 Å². The molecule has 74 valence electrons. The van der Waals surface area contributed by atoms with E-state index < -0.39 is 5.97 Å². The number of nitrogens with zero attached hydrogens (tertiary/aromatic N) is 2. The van der Waals surface area contributed by atoms with E-state index in [0.717, 1.165) is 18.5 Å².